The van der Waals surface area contributed by atoms with Gasteiger partial charge in [-0.25, -0.2) is 0 Å². The minimum Gasteiger partial charge on any atom is -0.378 e. The van der Waals surface area contributed by atoms with Gasteiger partial charge < -0.3 is 20.3 Å². The second-order valence-corrected chi connectivity index (χ2v) is 8.71. The van der Waals surface area contributed by atoms with Gasteiger partial charge in [0.25, 0.3) is 0 Å². The van der Waals surface area contributed by atoms with Crippen LogP contribution in [0.1, 0.15) is 23.6 Å². The molecule has 0 saturated carbocycles. The first kappa shape index (κ1) is 26.5. The van der Waals surface area contributed by atoms with Crippen LogP contribution < -0.4 is 15.5 Å². The molecule has 7 nitrogen and oxygen atoms in total. The Morgan fingerprint density at radius 2 is 1.77 bits per heavy atom. The van der Waals surface area contributed by atoms with Crippen LogP contribution in [-0.2, 0) is 20.5 Å². The molecule has 0 spiro atoms. The SMILES string of the molecule is Cc1cccc(NC(=O)CN(C)[C@@H](C)C(=O)Nc2cc(C(F)(F)F)ccc2N2CCOCC2)c1C. The predicted octanol–water partition coefficient (Wildman–Crippen LogP) is 4.06. The van der Waals surface area contributed by atoms with Crippen molar-refractivity contribution < 1.29 is 27.5 Å². The van der Waals surface area contributed by atoms with E-state index in [9.17, 15) is 22.8 Å². The van der Waals surface area contributed by atoms with E-state index >= 15 is 0 Å². The number of carbonyl (C=O) groups excluding carboxylic acids is 2. The van der Waals surface area contributed by atoms with Gasteiger partial charge in [0, 0.05) is 18.8 Å². The number of alkyl halides is 3. The topological polar surface area (TPSA) is 73.9 Å². The Hall–Kier alpha value is -3.11. The minimum absolute atomic E-state index is 0.0686. The maximum absolute atomic E-state index is 13.3. The normalized spacial score (nSPS) is 15.1. The number of hydrogen-bond donors (Lipinski definition) is 2. The van der Waals surface area contributed by atoms with E-state index in [2.05, 4.69) is 10.6 Å². The van der Waals surface area contributed by atoms with Crippen LogP contribution in [0.4, 0.5) is 30.2 Å². The number of aryl methyl sites for hydroxylation is 1. The van der Waals surface area contributed by atoms with E-state index in [4.69, 9.17) is 4.74 Å². The number of likely N-dealkylation sites (N-methyl/N-ethyl adjacent to an activating group) is 1. The number of halogens is 3. The van der Waals surface area contributed by atoms with E-state index in [1.54, 1.807) is 20.0 Å². The number of morpholine rings is 1. The van der Waals surface area contributed by atoms with Crippen molar-refractivity contribution in [2.45, 2.75) is 33.0 Å². The Bertz CT molecular complexity index is 1070. The largest absolute Gasteiger partial charge is 0.416 e. The average Bonchev–Trinajstić information content (AvgIpc) is 2.81. The van der Waals surface area contributed by atoms with Crippen molar-refractivity contribution in [2.75, 3.05) is 55.4 Å². The van der Waals surface area contributed by atoms with Crippen LogP contribution in [0.5, 0.6) is 0 Å². The first-order chi connectivity index (χ1) is 16.5. The first-order valence-electron chi connectivity index (χ1n) is 11.4. The zero-order valence-corrected chi connectivity index (χ0v) is 20.3. The summed E-state index contributed by atoms with van der Waals surface area (Å²) in [5.74, 6) is -0.810. The Balaban J connectivity index is 1.71. The third-order valence-corrected chi connectivity index (χ3v) is 6.25. The number of anilines is 3. The molecule has 1 atom stereocenters. The second-order valence-electron chi connectivity index (χ2n) is 8.71. The van der Waals surface area contributed by atoms with Gasteiger partial charge in [0.1, 0.15) is 0 Å². The van der Waals surface area contributed by atoms with Gasteiger partial charge in [0.05, 0.1) is 42.7 Å². The van der Waals surface area contributed by atoms with Crippen molar-refractivity contribution in [1.29, 1.82) is 0 Å². The van der Waals surface area contributed by atoms with Crippen molar-refractivity contribution >= 4 is 28.9 Å². The van der Waals surface area contributed by atoms with Gasteiger partial charge in [-0.05, 0) is 63.2 Å². The number of benzene rings is 2. The standard InChI is InChI=1S/C25H31F3N4O3/c1-16-6-5-7-20(17(16)2)29-23(33)15-31(4)18(3)24(34)30-21-14-19(25(26,27)28)8-9-22(21)32-10-12-35-13-11-32/h5-9,14,18H,10-13,15H2,1-4H3,(H,29,33)(H,30,34)/t18-/m0/s1. The average molecular weight is 493 g/mol. The van der Waals surface area contributed by atoms with Gasteiger partial charge in [-0.1, -0.05) is 12.1 Å². The smallest absolute Gasteiger partial charge is 0.378 e. The van der Waals surface area contributed by atoms with Gasteiger partial charge in [0.2, 0.25) is 11.8 Å². The molecular formula is C25H31F3N4O3. The van der Waals surface area contributed by atoms with E-state index in [1.165, 1.54) is 11.0 Å². The van der Waals surface area contributed by atoms with Gasteiger partial charge in [-0.15, -0.1) is 0 Å². The van der Waals surface area contributed by atoms with Crippen molar-refractivity contribution in [3.05, 3.63) is 53.1 Å². The molecule has 2 aromatic carbocycles. The number of rotatable bonds is 7. The molecule has 2 N–H and O–H groups in total. The van der Waals surface area contributed by atoms with E-state index < -0.39 is 23.7 Å². The van der Waals surface area contributed by atoms with Crippen molar-refractivity contribution in [3.8, 4) is 0 Å². The van der Waals surface area contributed by atoms with E-state index in [0.717, 1.165) is 23.3 Å². The highest BCUT2D eigenvalue weighted by Gasteiger charge is 2.32. The second kappa shape index (κ2) is 11.1. The van der Waals surface area contributed by atoms with Crippen LogP contribution in [0.15, 0.2) is 36.4 Å². The number of nitrogens with zero attached hydrogens (tertiary/aromatic N) is 2. The number of nitrogens with one attached hydrogen (secondary N) is 2. The zero-order valence-electron chi connectivity index (χ0n) is 20.3. The summed E-state index contributed by atoms with van der Waals surface area (Å²) in [7, 11) is 1.61. The van der Waals surface area contributed by atoms with E-state index in [-0.39, 0.29) is 18.1 Å². The molecular weight excluding hydrogens is 461 g/mol. The summed E-state index contributed by atoms with van der Waals surface area (Å²) in [4.78, 5) is 29.0. The third-order valence-electron chi connectivity index (χ3n) is 6.25. The van der Waals surface area contributed by atoms with Crippen molar-refractivity contribution in [1.82, 2.24) is 4.90 Å². The molecule has 1 fully saturated rings. The molecule has 1 aliphatic rings. The summed E-state index contributed by atoms with van der Waals surface area (Å²) in [6.07, 6.45) is -4.54. The number of amides is 2. The van der Waals surface area contributed by atoms with Gasteiger partial charge >= 0.3 is 6.18 Å². The van der Waals surface area contributed by atoms with Crippen molar-refractivity contribution in [2.24, 2.45) is 0 Å². The summed E-state index contributed by atoms with van der Waals surface area (Å²) in [5, 5.41) is 5.49. The van der Waals surface area contributed by atoms with Crippen LogP contribution in [0.25, 0.3) is 0 Å². The summed E-state index contributed by atoms with van der Waals surface area (Å²) < 4.78 is 45.4. The molecule has 1 aliphatic heterocycles. The van der Waals surface area contributed by atoms with Crippen LogP contribution in [0.2, 0.25) is 0 Å². The van der Waals surface area contributed by atoms with Crippen LogP contribution in [-0.4, -0.2) is 62.7 Å². The lowest BCUT2D eigenvalue weighted by Gasteiger charge is -2.31. The molecule has 3 rings (SSSR count). The number of hydrogen-bond acceptors (Lipinski definition) is 5. The Labute approximate surface area is 203 Å². The summed E-state index contributed by atoms with van der Waals surface area (Å²) >= 11 is 0. The molecule has 0 unspecified atom stereocenters. The number of carbonyl (C=O) groups is 2. The molecule has 1 saturated heterocycles. The molecule has 1 heterocycles. The molecule has 0 bridgehead atoms. The fourth-order valence-corrected chi connectivity index (χ4v) is 3.77. The monoisotopic (exact) mass is 492 g/mol. The summed E-state index contributed by atoms with van der Waals surface area (Å²) in [5.41, 5.74) is 2.41. The minimum atomic E-state index is -4.54. The highest BCUT2D eigenvalue weighted by molar-refractivity contribution is 5.98. The van der Waals surface area contributed by atoms with Crippen LogP contribution >= 0.6 is 0 Å². The molecule has 35 heavy (non-hydrogen) atoms. The molecule has 10 heteroatoms. The predicted molar refractivity (Wildman–Crippen MR) is 130 cm³/mol. The molecule has 2 aromatic rings. The molecule has 2 amide bonds. The van der Waals surface area contributed by atoms with Crippen LogP contribution in [0, 0.1) is 13.8 Å². The van der Waals surface area contributed by atoms with Crippen molar-refractivity contribution in [3.63, 3.8) is 0 Å². The lowest BCUT2D eigenvalue weighted by molar-refractivity contribution is -0.137. The lowest BCUT2D eigenvalue weighted by Crippen LogP contribution is -2.43. The first-order valence-corrected chi connectivity index (χ1v) is 11.4. The lowest BCUT2D eigenvalue weighted by atomic mass is 10.1. The highest BCUT2D eigenvalue weighted by Crippen LogP contribution is 2.36. The maximum atomic E-state index is 13.3. The third kappa shape index (κ3) is 6.73. The van der Waals surface area contributed by atoms with Gasteiger partial charge in [0.15, 0.2) is 0 Å². The van der Waals surface area contributed by atoms with E-state index in [1.807, 2.05) is 30.9 Å². The quantitative estimate of drug-likeness (QED) is 0.610. The summed E-state index contributed by atoms with van der Waals surface area (Å²) in [6.45, 7) is 7.29. The fourth-order valence-electron chi connectivity index (χ4n) is 3.77. The summed E-state index contributed by atoms with van der Waals surface area (Å²) in [6, 6.07) is 8.15. The zero-order chi connectivity index (χ0) is 25.8. The fraction of sp³-hybridized carbons (Fsp3) is 0.440. The van der Waals surface area contributed by atoms with Gasteiger partial charge in [-0.3, -0.25) is 14.5 Å². The molecule has 190 valence electrons. The Morgan fingerprint density at radius 1 is 1.09 bits per heavy atom. The van der Waals surface area contributed by atoms with Crippen LogP contribution in [0.3, 0.4) is 0 Å². The number of ether oxygens (including phenoxy) is 1. The Kier molecular flexibility index (Phi) is 8.39. The van der Waals surface area contributed by atoms with Gasteiger partial charge in [-0.2, -0.15) is 13.2 Å². The maximum Gasteiger partial charge on any atom is 0.416 e. The Morgan fingerprint density at radius 3 is 2.43 bits per heavy atom. The van der Waals surface area contributed by atoms with E-state index in [0.29, 0.717) is 37.7 Å². The molecule has 0 aromatic heterocycles. The molecule has 0 aliphatic carbocycles. The highest BCUT2D eigenvalue weighted by atomic mass is 19.4. The molecule has 0 radical (unpaired) electrons.